The third-order valence-corrected chi connectivity index (χ3v) is 6.13. The van der Waals surface area contributed by atoms with Crippen LogP contribution in [-0.2, 0) is 28.7 Å². The van der Waals surface area contributed by atoms with Crippen LogP contribution in [0, 0.1) is 0 Å². The van der Waals surface area contributed by atoms with Gasteiger partial charge in [-0.2, -0.15) is 13.2 Å². The van der Waals surface area contributed by atoms with Crippen molar-refractivity contribution in [2.75, 3.05) is 26.2 Å². The Kier molecular flexibility index (Phi) is 6.50. The summed E-state index contributed by atoms with van der Waals surface area (Å²) in [6.07, 6.45) is -1.72. The minimum absolute atomic E-state index is 0.00207. The zero-order chi connectivity index (χ0) is 22.7. The number of carbonyl (C=O) groups is 2. The van der Waals surface area contributed by atoms with Gasteiger partial charge in [-0.15, -0.1) is 0 Å². The number of hydrogen-bond donors (Lipinski definition) is 1. The van der Waals surface area contributed by atoms with E-state index >= 15 is 0 Å². The van der Waals surface area contributed by atoms with Gasteiger partial charge in [0.1, 0.15) is 6.04 Å². The maximum Gasteiger partial charge on any atom is 0.416 e. The largest absolute Gasteiger partial charge is 0.416 e. The van der Waals surface area contributed by atoms with Crippen molar-refractivity contribution in [2.45, 2.75) is 38.0 Å². The van der Waals surface area contributed by atoms with Crippen molar-refractivity contribution >= 4 is 11.8 Å². The van der Waals surface area contributed by atoms with E-state index in [0.29, 0.717) is 12.1 Å². The maximum atomic E-state index is 13.3. The summed E-state index contributed by atoms with van der Waals surface area (Å²) >= 11 is 0. The fraction of sp³-hybridized carbons (Fsp3) is 0.417. The minimum atomic E-state index is -4.43. The van der Waals surface area contributed by atoms with Crippen LogP contribution in [0.2, 0.25) is 0 Å². The lowest BCUT2D eigenvalue weighted by molar-refractivity contribution is -0.138. The Morgan fingerprint density at radius 3 is 2.50 bits per heavy atom. The second kappa shape index (κ2) is 9.32. The number of nitrogens with one attached hydrogen (secondary N) is 1. The van der Waals surface area contributed by atoms with Gasteiger partial charge in [0, 0.05) is 26.2 Å². The number of likely N-dealkylation sites (tertiary alicyclic amines) is 1. The molecule has 1 fully saturated rings. The number of fused-ring (bicyclic) bond motifs is 1. The van der Waals surface area contributed by atoms with Crippen molar-refractivity contribution in [1.29, 1.82) is 0 Å². The molecule has 0 saturated carbocycles. The first kappa shape index (κ1) is 22.3. The Morgan fingerprint density at radius 1 is 1.00 bits per heavy atom. The van der Waals surface area contributed by atoms with Crippen LogP contribution in [0.4, 0.5) is 13.2 Å². The number of rotatable bonds is 5. The number of hydrogen-bond acceptors (Lipinski definition) is 3. The van der Waals surface area contributed by atoms with E-state index in [0.717, 1.165) is 55.6 Å². The van der Waals surface area contributed by atoms with Gasteiger partial charge in [-0.1, -0.05) is 36.4 Å². The first-order valence-corrected chi connectivity index (χ1v) is 10.9. The van der Waals surface area contributed by atoms with Gasteiger partial charge in [0.05, 0.1) is 12.1 Å². The van der Waals surface area contributed by atoms with E-state index in [9.17, 15) is 22.8 Å². The summed E-state index contributed by atoms with van der Waals surface area (Å²) in [5, 5.41) is 2.71. The van der Waals surface area contributed by atoms with Gasteiger partial charge >= 0.3 is 6.18 Å². The molecule has 1 atom stereocenters. The highest BCUT2D eigenvalue weighted by Gasteiger charge is 2.37. The molecule has 0 radical (unpaired) electrons. The third-order valence-electron chi connectivity index (χ3n) is 6.13. The lowest BCUT2D eigenvalue weighted by Crippen LogP contribution is -2.48. The molecule has 4 rings (SSSR count). The molecule has 0 unspecified atom stereocenters. The quantitative estimate of drug-likeness (QED) is 0.766. The Morgan fingerprint density at radius 2 is 1.75 bits per heavy atom. The predicted molar refractivity (Wildman–Crippen MR) is 114 cm³/mol. The van der Waals surface area contributed by atoms with E-state index < -0.39 is 17.8 Å². The Bertz CT molecular complexity index is 986. The highest BCUT2D eigenvalue weighted by molar-refractivity contribution is 5.86. The second-order valence-corrected chi connectivity index (χ2v) is 8.33. The summed E-state index contributed by atoms with van der Waals surface area (Å²) in [6.45, 7) is 2.04. The normalized spacial score (nSPS) is 19.0. The predicted octanol–water partition coefficient (Wildman–Crippen LogP) is 3.54. The van der Waals surface area contributed by atoms with Gasteiger partial charge in [0.15, 0.2) is 0 Å². The molecule has 0 spiro atoms. The van der Waals surface area contributed by atoms with Crippen molar-refractivity contribution in [3.05, 3.63) is 70.8 Å². The topological polar surface area (TPSA) is 52.7 Å². The van der Waals surface area contributed by atoms with Crippen LogP contribution in [0.15, 0.2) is 48.5 Å². The van der Waals surface area contributed by atoms with E-state index in [1.807, 2.05) is 34.1 Å². The van der Waals surface area contributed by atoms with Crippen LogP contribution in [0.3, 0.4) is 0 Å². The van der Waals surface area contributed by atoms with Gasteiger partial charge in [-0.25, -0.2) is 0 Å². The van der Waals surface area contributed by atoms with E-state index in [1.54, 1.807) is 6.07 Å². The number of nitrogens with zero attached hydrogens (tertiary/aromatic N) is 2. The summed E-state index contributed by atoms with van der Waals surface area (Å²) in [4.78, 5) is 29.7. The van der Waals surface area contributed by atoms with Crippen molar-refractivity contribution in [2.24, 2.45) is 0 Å². The molecule has 170 valence electrons. The highest BCUT2D eigenvalue weighted by atomic mass is 19.4. The van der Waals surface area contributed by atoms with Gasteiger partial charge in [0.2, 0.25) is 11.8 Å². The molecular formula is C24H26F3N3O2. The average molecular weight is 445 g/mol. The molecule has 0 bridgehead atoms. The molecule has 2 aliphatic heterocycles. The average Bonchev–Trinajstić information content (AvgIpc) is 3.32. The van der Waals surface area contributed by atoms with Crippen LogP contribution in [-0.4, -0.2) is 47.8 Å². The Hall–Kier alpha value is -2.87. The molecule has 8 heteroatoms. The summed E-state index contributed by atoms with van der Waals surface area (Å²) < 4.78 is 38.7. The number of benzene rings is 2. The number of alkyl halides is 3. The van der Waals surface area contributed by atoms with Crippen molar-refractivity contribution in [1.82, 2.24) is 15.1 Å². The molecular weight excluding hydrogens is 419 g/mol. The van der Waals surface area contributed by atoms with Crippen LogP contribution in [0.1, 0.15) is 41.1 Å². The van der Waals surface area contributed by atoms with Gasteiger partial charge in [-0.3, -0.25) is 14.5 Å². The van der Waals surface area contributed by atoms with Gasteiger partial charge in [0.25, 0.3) is 0 Å². The molecule has 1 saturated heterocycles. The van der Waals surface area contributed by atoms with Crippen LogP contribution >= 0.6 is 0 Å². The fourth-order valence-electron chi connectivity index (χ4n) is 4.49. The monoisotopic (exact) mass is 445 g/mol. The first-order chi connectivity index (χ1) is 15.3. The highest BCUT2D eigenvalue weighted by Crippen LogP contribution is 2.32. The van der Waals surface area contributed by atoms with Gasteiger partial charge < -0.3 is 10.2 Å². The molecule has 5 nitrogen and oxygen atoms in total. The minimum Gasteiger partial charge on any atom is -0.351 e. The lowest BCUT2D eigenvalue weighted by atomic mass is 9.91. The van der Waals surface area contributed by atoms with Crippen molar-refractivity contribution in [3.8, 4) is 0 Å². The fourth-order valence-corrected chi connectivity index (χ4v) is 4.49. The standard InChI is InChI=1S/C24H26F3N3O2/c25-24(26,27)19-8-5-6-17(14-19)15-28-21(31)16-30-13-10-18-7-1-2-9-20(18)22(30)23(32)29-11-3-4-12-29/h1-2,5-9,14,22H,3-4,10-13,15-16H2,(H,28,31)/t22-/m1/s1. The molecule has 2 aromatic carbocycles. The molecule has 0 aromatic heterocycles. The Balaban J connectivity index is 1.45. The molecule has 2 aliphatic rings. The summed E-state index contributed by atoms with van der Waals surface area (Å²) in [7, 11) is 0. The molecule has 0 aliphatic carbocycles. The molecule has 2 amide bonds. The number of amides is 2. The summed E-state index contributed by atoms with van der Waals surface area (Å²) in [5.74, 6) is -0.304. The third kappa shape index (κ3) is 4.96. The maximum absolute atomic E-state index is 13.3. The van der Waals surface area contributed by atoms with Crippen LogP contribution < -0.4 is 5.32 Å². The van der Waals surface area contributed by atoms with E-state index in [1.165, 1.54) is 6.07 Å². The van der Waals surface area contributed by atoms with E-state index in [4.69, 9.17) is 0 Å². The second-order valence-electron chi connectivity index (χ2n) is 8.33. The zero-order valence-corrected chi connectivity index (χ0v) is 17.7. The number of carbonyl (C=O) groups excluding carboxylic acids is 2. The van der Waals surface area contributed by atoms with Crippen LogP contribution in [0.25, 0.3) is 0 Å². The van der Waals surface area contributed by atoms with E-state index in [-0.39, 0.29) is 24.9 Å². The molecule has 32 heavy (non-hydrogen) atoms. The molecule has 2 heterocycles. The van der Waals surface area contributed by atoms with E-state index in [2.05, 4.69) is 5.32 Å². The smallest absolute Gasteiger partial charge is 0.351 e. The van der Waals surface area contributed by atoms with Crippen LogP contribution in [0.5, 0.6) is 0 Å². The lowest BCUT2D eigenvalue weighted by Gasteiger charge is -2.37. The SMILES string of the molecule is O=C(CN1CCc2ccccc2[C@@H]1C(=O)N1CCCC1)NCc1cccc(C(F)(F)F)c1. The van der Waals surface area contributed by atoms with Gasteiger partial charge in [-0.05, 0) is 48.1 Å². The molecule has 2 aromatic rings. The van der Waals surface area contributed by atoms with Crippen molar-refractivity contribution in [3.63, 3.8) is 0 Å². The van der Waals surface area contributed by atoms with Crippen molar-refractivity contribution < 1.29 is 22.8 Å². The number of halogens is 3. The zero-order valence-electron chi connectivity index (χ0n) is 17.7. The summed E-state index contributed by atoms with van der Waals surface area (Å²) in [5.41, 5.74) is 1.68. The molecule has 1 N–H and O–H groups in total. The summed E-state index contributed by atoms with van der Waals surface area (Å²) in [6, 6.07) is 12.2. The Labute approximate surface area is 185 Å². The first-order valence-electron chi connectivity index (χ1n) is 10.9.